The summed E-state index contributed by atoms with van der Waals surface area (Å²) in [6, 6.07) is 10.9. The number of anilines is 1. The van der Waals surface area contributed by atoms with Gasteiger partial charge in [-0.05, 0) is 12.5 Å². The van der Waals surface area contributed by atoms with E-state index in [1.54, 1.807) is 0 Å². The predicted molar refractivity (Wildman–Crippen MR) is 74.7 cm³/mol. The molecular formula is C13H12N2O3S. The van der Waals surface area contributed by atoms with Gasteiger partial charge in [-0.25, -0.2) is 0 Å². The van der Waals surface area contributed by atoms with Crippen LogP contribution in [0.25, 0.3) is 0 Å². The van der Waals surface area contributed by atoms with Crippen molar-refractivity contribution in [1.82, 2.24) is 0 Å². The minimum Gasteiger partial charge on any atom is -0.367 e. The van der Waals surface area contributed by atoms with Crippen molar-refractivity contribution >= 4 is 27.8 Å². The average Bonchev–Trinajstić information content (AvgIpc) is 2.82. The summed E-state index contributed by atoms with van der Waals surface area (Å²) in [6.45, 7) is 1.88. The summed E-state index contributed by atoms with van der Waals surface area (Å²) in [5.41, 5.74) is 0.973. The van der Waals surface area contributed by atoms with Gasteiger partial charge >= 0.3 is 5.69 Å². The Morgan fingerprint density at radius 2 is 2.05 bits per heavy atom. The molecule has 98 valence electrons. The lowest BCUT2D eigenvalue weighted by Gasteiger charge is -2.03. The standard InChI is InChI=1S/C13H12N2O3S/c1-9(16)12-7-11(15(17)18)13(19-12)14-8-10-5-3-2-4-6-10/h2-7,14H,8H2,1H3. The van der Waals surface area contributed by atoms with Crippen LogP contribution >= 0.6 is 11.3 Å². The first-order chi connectivity index (χ1) is 9.08. The fraction of sp³-hybridized carbons (Fsp3) is 0.154. The minimum absolute atomic E-state index is 0.0499. The fourth-order valence-corrected chi connectivity index (χ4v) is 2.51. The molecule has 0 fully saturated rings. The Kier molecular flexibility index (Phi) is 3.91. The van der Waals surface area contributed by atoms with Crippen molar-refractivity contribution < 1.29 is 9.72 Å². The predicted octanol–water partition coefficient (Wildman–Crippen LogP) is 3.47. The van der Waals surface area contributed by atoms with Gasteiger partial charge in [0.15, 0.2) is 10.8 Å². The van der Waals surface area contributed by atoms with Gasteiger partial charge in [-0.3, -0.25) is 14.9 Å². The number of hydrogen-bond acceptors (Lipinski definition) is 5. The van der Waals surface area contributed by atoms with Crippen LogP contribution in [0.2, 0.25) is 0 Å². The molecule has 0 spiro atoms. The van der Waals surface area contributed by atoms with E-state index in [-0.39, 0.29) is 11.5 Å². The maximum Gasteiger partial charge on any atom is 0.304 e. The molecule has 0 amide bonds. The molecule has 0 aliphatic rings. The van der Waals surface area contributed by atoms with Crippen molar-refractivity contribution in [3.63, 3.8) is 0 Å². The fourth-order valence-electron chi connectivity index (χ4n) is 1.60. The Hall–Kier alpha value is -2.21. The van der Waals surface area contributed by atoms with Gasteiger partial charge in [0.05, 0.1) is 9.80 Å². The lowest BCUT2D eigenvalue weighted by molar-refractivity contribution is -0.383. The molecule has 0 bridgehead atoms. The van der Waals surface area contributed by atoms with E-state index in [9.17, 15) is 14.9 Å². The number of nitrogens with one attached hydrogen (secondary N) is 1. The lowest BCUT2D eigenvalue weighted by atomic mass is 10.2. The molecular weight excluding hydrogens is 264 g/mol. The molecule has 0 radical (unpaired) electrons. The van der Waals surface area contributed by atoms with E-state index in [0.717, 1.165) is 16.9 Å². The number of nitrogens with zero attached hydrogens (tertiary/aromatic N) is 1. The van der Waals surface area contributed by atoms with Crippen LogP contribution in [0.15, 0.2) is 36.4 Å². The highest BCUT2D eigenvalue weighted by molar-refractivity contribution is 7.18. The molecule has 6 heteroatoms. The highest BCUT2D eigenvalue weighted by atomic mass is 32.1. The first kappa shape index (κ1) is 13.2. The third-order valence-electron chi connectivity index (χ3n) is 2.55. The van der Waals surface area contributed by atoms with Crippen molar-refractivity contribution in [1.29, 1.82) is 0 Å². The van der Waals surface area contributed by atoms with Crippen LogP contribution < -0.4 is 5.32 Å². The van der Waals surface area contributed by atoms with E-state index < -0.39 is 4.92 Å². The Balaban J connectivity index is 2.19. The quantitative estimate of drug-likeness (QED) is 0.515. The van der Waals surface area contributed by atoms with Gasteiger partial charge in [-0.2, -0.15) is 0 Å². The average molecular weight is 276 g/mol. The van der Waals surface area contributed by atoms with Gasteiger partial charge in [-0.15, -0.1) is 11.3 Å². The Morgan fingerprint density at radius 3 is 2.63 bits per heavy atom. The zero-order chi connectivity index (χ0) is 13.8. The molecule has 2 rings (SSSR count). The van der Waals surface area contributed by atoms with E-state index in [1.165, 1.54) is 13.0 Å². The molecule has 19 heavy (non-hydrogen) atoms. The number of benzene rings is 1. The first-order valence-electron chi connectivity index (χ1n) is 5.65. The van der Waals surface area contributed by atoms with Crippen LogP contribution in [0, 0.1) is 10.1 Å². The Morgan fingerprint density at radius 1 is 1.37 bits per heavy atom. The SMILES string of the molecule is CC(=O)c1cc([N+](=O)[O-])c(NCc2ccccc2)s1. The molecule has 0 aliphatic heterocycles. The highest BCUT2D eigenvalue weighted by Gasteiger charge is 2.20. The summed E-state index contributed by atoms with van der Waals surface area (Å²) in [7, 11) is 0. The molecule has 2 aromatic rings. The zero-order valence-corrected chi connectivity index (χ0v) is 11.1. The van der Waals surface area contributed by atoms with Crippen LogP contribution in [0.5, 0.6) is 0 Å². The number of Topliss-reactive ketones (excluding diaryl/α,β-unsaturated/α-hetero) is 1. The lowest BCUT2D eigenvalue weighted by Crippen LogP contribution is -1.99. The molecule has 0 saturated carbocycles. The largest absolute Gasteiger partial charge is 0.367 e. The summed E-state index contributed by atoms with van der Waals surface area (Å²) in [5.74, 6) is -0.166. The van der Waals surface area contributed by atoms with Gasteiger partial charge in [-0.1, -0.05) is 30.3 Å². The van der Waals surface area contributed by atoms with Crippen molar-refractivity contribution in [3.8, 4) is 0 Å². The van der Waals surface area contributed by atoms with Crippen molar-refractivity contribution in [2.24, 2.45) is 0 Å². The Labute approximate surface area is 114 Å². The highest BCUT2D eigenvalue weighted by Crippen LogP contribution is 2.35. The second kappa shape index (κ2) is 5.62. The van der Waals surface area contributed by atoms with Crippen LogP contribution in [-0.4, -0.2) is 10.7 Å². The minimum atomic E-state index is -0.476. The second-order valence-electron chi connectivity index (χ2n) is 3.98. The van der Waals surface area contributed by atoms with E-state index in [4.69, 9.17) is 0 Å². The van der Waals surface area contributed by atoms with Crippen LogP contribution in [-0.2, 0) is 6.54 Å². The number of thiophene rings is 1. The summed E-state index contributed by atoms with van der Waals surface area (Å²) in [5, 5.41) is 14.4. The Bertz CT molecular complexity index is 608. The molecule has 0 aliphatic carbocycles. The van der Waals surface area contributed by atoms with Crippen molar-refractivity contribution in [2.45, 2.75) is 13.5 Å². The van der Waals surface area contributed by atoms with Gasteiger partial charge in [0, 0.05) is 12.6 Å². The molecule has 0 atom stereocenters. The normalized spacial score (nSPS) is 10.2. The van der Waals surface area contributed by atoms with Gasteiger partial charge < -0.3 is 5.32 Å². The summed E-state index contributed by atoms with van der Waals surface area (Å²) in [4.78, 5) is 22.1. The van der Waals surface area contributed by atoms with Gasteiger partial charge in [0.2, 0.25) is 0 Å². The smallest absolute Gasteiger partial charge is 0.304 e. The number of nitro groups is 1. The van der Waals surface area contributed by atoms with Crippen molar-refractivity contribution in [3.05, 3.63) is 57.0 Å². The number of carbonyl (C=O) groups is 1. The second-order valence-corrected chi connectivity index (χ2v) is 5.03. The molecule has 1 aromatic carbocycles. The molecule has 1 N–H and O–H groups in total. The number of hydrogen-bond donors (Lipinski definition) is 1. The summed E-state index contributed by atoms with van der Waals surface area (Å²) in [6.07, 6.45) is 0. The van der Waals surface area contributed by atoms with Gasteiger partial charge in [0.1, 0.15) is 0 Å². The number of carbonyl (C=O) groups excluding carboxylic acids is 1. The van der Waals surface area contributed by atoms with E-state index in [0.29, 0.717) is 16.4 Å². The first-order valence-corrected chi connectivity index (χ1v) is 6.46. The van der Waals surface area contributed by atoms with E-state index in [2.05, 4.69) is 5.32 Å². The van der Waals surface area contributed by atoms with Crippen LogP contribution in [0.1, 0.15) is 22.2 Å². The maximum absolute atomic E-state index is 11.3. The third-order valence-corrected chi connectivity index (χ3v) is 3.73. The molecule has 5 nitrogen and oxygen atoms in total. The van der Waals surface area contributed by atoms with Crippen LogP contribution in [0.3, 0.4) is 0 Å². The monoisotopic (exact) mass is 276 g/mol. The number of ketones is 1. The van der Waals surface area contributed by atoms with Gasteiger partial charge in [0.25, 0.3) is 0 Å². The van der Waals surface area contributed by atoms with Crippen molar-refractivity contribution in [2.75, 3.05) is 5.32 Å². The third kappa shape index (κ3) is 3.17. The molecule has 0 saturated heterocycles. The summed E-state index contributed by atoms with van der Waals surface area (Å²) >= 11 is 1.11. The van der Waals surface area contributed by atoms with E-state index in [1.807, 2.05) is 30.3 Å². The van der Waals surface area contributed by atoms with Crippen LogP contribution in [0.4, 0.5) is 10.7 Å². The maximum atomic E-state index is 11.3. The molecule has 1 heterocycles. The summed E-state index contributed by atoms with van der Waals surface area (Å²) < 4.78 is 0. The molecule has 1 aromatic heterocycles. The topological polar surface area (TPSA) is 72.2 Å². The molecule has 0 unspecified atom stereocenters. The van der Waals surface area contributed by atoms with E-state index >= 15 is 0 Å². The zero-order valence-electron chi connectivity index (χ0n) is 10.3. The number of rotatable bonds is 5.